The van der Waals surface area contributed by atoms with Crippen LogP contribution in [0.2, 0.25) is 0 Å². The van der Waals surface area contributed by atoms with E-state index in [1.54, 1.807) is 46.8 Å². The average molecular weight is 1720 g/mol. The van der Waals surface area contributed by atoms with Crippen LogP contribution in [0.15, 0.2) is 71.0 Å². The van der Waals surface area contributed by atoms with Gasteiger partial charge in [0.05, 0.1) is 108 Å². The molecule has 2 aliphatic heterocycles. The Labute approximate surface area is 705 Å². The third-order valence-corrected chi connectivity index (χ3v) is 21.8. The number of nitrogens with two attached hydrogens (primary N) is 2. The number of phenolic OH excluding ortho intramolecular Hbond substituents is 5. The fraction of sp³-hybridized carbons (Fsp3) is 0.476. The standard InChI is InChI=1S/C35H42N2O12.C33H38N2O12.C16H23N5O6/c1-6-23(37-47-5)35(45)14-19-27(34(44)29-28(32(19)42)31(41)18-10-8-11-21(46-4)26(18)33(29)43)22(15-35)49-25-13-20(30(40)17(3)48-25)36-24(39)12-7-9-16(2)38;1-6-21(36)33(43)12-17-25(32(42)27-26(30(17)40)29(39)16-8-7-9-19(44-4)24(16)31(27)41)20(13-33)47-23-11-18(28(38)15(3)46-23)34-22(37)10-14(2)35-45-5;1-9(20-14(24)8-27-18)15(25)21-12(16(26)19-7-13(17)23)6-10-2-4-11(22)5-3-10/h8,10-11,17,20,22,25,30,40,42,44-45H,6-7,9,12-15H2,1-5H3,(H,36,39);7-9,15,18,20,23,28,38,40,42-43H,6,10-13H2,1-5H3,(H,34,37);2-5,9,12,22H,6-8,18H2,1H3,(H2,17,23)(H,19,26)(H,20,24)(H,21,25)/b37-23+;35-14+;/t17?,20?,22-,25?,30?,35-;15?,18?,20-,23?,28?,33-;9-,12-/m000/s1. The fourth-order valence-corrected chi connectivity index (χ4v) is 15.9. The van der Waals surface area contributed by atoms with Crippen molar-refractivity contribution in [3.8, 4) is 40.2 Å². The second-order valence-corrected chi connectivity index (χ2v) is 30.5. The number of aliphatic hydroxyl groups excluding tert-OH is 2. The number of hydrogen-bond donors (Lipinski definition) is 16. The maximum atomic E-state index is 14.0. The van der Waals surface area contributed by atoms with Gasteiger partial charge in [-0.2, -0.15) is 0 Å². The summed E-state index contributed by atoms with van der Waals surface area (Å²) in [6.07, 6.45) is -9.44. The normalized spacial score (nSPS) is 23.5. The molecule has 6 aliphatic rings. The van der Waals surface area contributed by atoms with Crippen molar-refractivity contribution in [3.63, 3.8) is 0 Å². The molecule has 2 saturated heterocycles. The molecule has 664 valence electrons. The van der Waals surface area contributed by atoms with Crippen molar-refractivity contribution in [2.24, 2.45) is 21.9 Å². The molecule has 0 spiro atoms. The molecule has 6 amide bonds. The Morgan fingerprint density at radius 1 is 0.593 bits per heavy atom. The van der Waals surface area contributed by atoms with Gasteiger partial charge in [-0.25, -0.2) is 5.90 Å². The van der Waals surface area contributed by atoms with Crippen molar-refractivity contribution in [3.05, 3.63) is 133 Å². The summed E-state index contributed by atoms with van der Waals surface area (Å²) in [7, 11) is 5.34. The minimum Gasteiger partial charge on any atom is -0.508 e. The third-order valence-electron chi connectivity index (χ3n) is 21.8. The summed E-state index contributed by atoms with van der Waals surface area (Å²) in [6, 6.07) is 11.2. The lowest BCUT2D eigenvalue weighted by Crippen LogP contribution is -2.56. The number of Topliss-reactive ketones (excluding diaryl/α,β-unsaturated/α-hetero) is 2. The van der Waals surface area contributed by atoms with Crippen LogP contribution in [-0.2, 0) is 91.1 Å². The first kappa shape index (κ1) is 94.9. The summed E-state index contributed by atoms with van der Waals surface area (Å²) in [5.41, 5.74) is 0.140. The Bertz CT molecular complexity index is 4980. The number of benzene rings is 5. The lowest BCUT2D eigenvalue weighted by atomic mass is 9.71. The molecule has 18 N–H and O–H groups in total. The smallest absolute Gasteiger partial charge is 0.248 e. The van der Waals surface area contributed by atoms with E-state index in [9.17, 15) is 103 Å². The van der Waals surface area contributed by atoms with E-state index < -0.39 is 201 Å². The molecule has 8 unspecified atom stereocenters. The highest BCUT2D eigenvalue weighted by molar-refractivity contribution is 6.32. The van der Waals surface area contributed by atoms with Crippen molar-refractivity contribution in [2.45, 2.75) is 217 Å². The van der Waals surface area contributed by atoms with Gasteiger partial charge in [0.2, 0.25) is 47.0 Å². The number of ketones is 6. The number of ether oxygens (including phenoxy) is 6. The Morgan fingerprint density at radius 2 is 1.07 bits per heavy atom. The van der Waals surface area contributed by atoms with E-state index in [4.69, 9.17) is 44.9 Å². The van der Waals surface area contributed by atoms with E-state index in [-0.39, 0.29) is 156 Å². The van der Waals surface area contributed by atoms with Gasteiger partial charge in [-0.15, -0.1) is 0 Å². The zero-order valence-corrected chi connectivity index (χ0v) is 69.5. The summed E-state index contributed by atoms with van der Waals surface area (Å²) < 4.78 is 35.2. The van der Waals surface area contributed by atoms with Crippen LogP contribution in [0.1, 0.15) is 216 Å². The van der Waals surface area contributed by atoms with Crippen molar-refractivity contribution < 1.29 is 146 Å². The number of rotatable bonds is 30. The van der Waals surface area contributed by atoms with Crippen LogP contribution in [0, 0.1) is 0 Å². The van der Waals surface area contributed by atoms with Gasteiger partial charge < -0.3 is 121 Å². The van der Waals surface area contributed by atoms with Crippen LogP contribution >= 0.6 is 0 Å². The topological polar surface area (TPSA) is 607 Å². The molecule has 14 atom stereocenters. The quantitative estimate of drug-likeness (QED) is 0.0174. The van der Waals surface area contributed by atoms with Crippen LogP contribution in [0.3, 0.4) is 0 Å². The highest BCUT2D eigenvalue weighted by Crippen LogP contribution is 2.55. The highest BCUT2D eigenvalue weighted by atomic mass is 16.7. The number of aromatic hydroxyl groups is 5. The number of oxime groups is 2. The minimum absolute atomic E-state index is 0.0157. The molecule has 39 heteroatoms. The largest absolute Gasteiger partial charge is 0.508 e. The van der Waals surface area contributed by atoms with E-state index >= 15 is 0 Å². The number of hydrogen-bond acceptors (Lipinski definition) is 33. The van der Waals surface area contributed by atoms with Crippen LogP contribution < -0.4 is 47.7 Å². The third kappa shape index (κ3) is 21.2. The number of aliphatic hydroxyl groups is 4. The Hall–Kier alpha value is -11.9. The van der Waals surface area contributed by atoms with Crippen molar-refractivity contribution >= 4 is 81.6 Å². The van der Waals surface area contributed by atoms with E-state index in [1.807, 2.05) is 0 Å². The van der Waals surface area contributed by atoms with Crippen LogP contribution in [0.5, 0.6) is 40.2 Å². The number of nitrogens with one attached hydrogen (secondary N) is 5. The van der Waals surface area contributed by atoms with Gasteiger partial charge in [0.15, 0.2) is 29.9 Å². The van der Waals surface area contributed by atoms with Crippen molar-refractivity contribution in [1.29, 1.82) is 0 Å². The first-order chi connectivity index (χ1) is 58.2. The molecule has 4 aliphatic carbocycles. The number of nitrogens with zero attached hydrogens (tertiary/aromatic N) is 2. The summed E-state index contributed by atoms with van der Waals surface area (Å²) in [5, 5.41) is 122. The van der Waals surface area contributed by atoms with E-state index in [1.165, 1.54) is 90.8 Å². The molecule has 123 heavy (non-hydrogen) atoms. The number of carbonyl (C=O) groups excluding carboxylic acids is 12. The number of fused-ring (bicyclic) bond motifs is 6. The maximum Gasteiger partial charge on any atom is 0.248 e. The number of carbonyl (C=O) groups is 12. The summed E-state index contributed by atoms with van der Waals surface area (Å²) in [4.78, 5) is 166. The molecule has 0 radical (unpaired) electrons. The molecular weight excluding hydrogens is 1610 g/mol. The predicted octanol–water partition coefficient (Wildman–Crippen LogP) is 2.17. The first-order valence-electron chi connectivity index (χ1n) is 39.4. The molecule has 2 fully saturated rings. The zero-order valence-electron chi connectivity index (χ0n) is 69.5. The molecule has 0 saturated carbocycles. The SMILES string of the molecule is CC/C(=N\OC)[C@]1(O)Cc2c(O)c3c(c(O)c2[C@@H](OC2CC(NC(=O)CCCC(C)=O)C(O)C(C)O2)C1)C(=O)c1c(OC)cccc1C3=O.CCC(=O)[C@]1(O)Cc2c(O)c3c(c(O)c2[C@@H](OC2CC(NC(=O)C/C(C)=N/OC)C(O)C(C)O2)C1)C(=O)c1c(OC)cccc1C3=O.C[C@H](NC(=O)CON)C(=O)N[C@@H](Cc1ccc(O)cc1)C(=O)NCC(N)=O. The molecule has 2 heterocycles. The van der Waals surface area contributed by atoms with Gasteiger partial charge in [0, 0.05) is 97.6 Å². The Morgan fingerprint density at radius 3 is 1.53 bits per heavy atom. The summed E-state index contributed by atoms with van der Waals surface area (Å²) >= 11 is 0. The van der Waals surface area contributed by atoms with Gasteiger partial charge in [-0.05, 0) is 77.3 Å². The molecule has 39 nitrogen and oxygen atoms in total. The van der Waals surface area contributed by atoms with Gasteiger partial charge in [-0.3, -0.25) is 57.6 Å². The Kier molecular flexibility index (Phi) is 31.5. The van der Waals surface area contributed by atoms with Gasteiger partial charge in [0.1, 0.15) is 102 Å². The van der Waals surface area contributed by atoms with Crippen LogP contribution in [-0.4, -0.2) is 241 Å². The van der Waals surface area contributed by atoms with Crippen LogP contribution in [0.4, 0.5) is 0 Å². The second-order valence-electron chi connectivity index (χ2n) is 30.5. The lowest BCUT2D eigenvalue weighted by molar-refractivity contribution is -0.249. The zero-order chi connectivity index (χ0) is 90.5. The molecule has 11 rings (SSSR count). The van der Waals surface area contributed by atoms with Gasteiger partial charge >= 0.3 is 0 Å². The fourth-order valence-electron chi connectivity index (χ4n) is 15.9. The maximum absolute atomic E-state index is 14.0. The minimum atomic E-state index is -2.07. The number of amides is 6. The van der Waals surface area contributed by atoms with E-state index in [2.05, 4.69) is 46.6 Å². The van der Waals surface area contributed by atoms with Crippen molar-refractivity contribution in [2.75, 3.05) is 41.6 Å². The summed E-state index contributed by atoms with van der Waals surface area (Å²) in [6.45, 7) is 10.1. The van der Waals surface area contributed by atoms with Gasteiger partial charge in [0.25, 0.3) is 0 Å². The summed E-state index contributed by atoms with van der Waals surface area (Å²) in [5.74, 6) is -4.47. The molecule has 5 aromatic rings. The first-order valence-corrected chi connectivity index (χ1v) is 39.4. The Balaban J connectivity index is 0.000000219. The highest BCUT2D eigenvalue weighted by Gasteiger charge is 2.53. The monoisotopic (exact) mass is 1720 g/mol. The van der Waals surface area contributed by atoms with E-state index in [0.29, 0.717) is 17.7 Å². The predicted molar refractivity (Wildman–Crippen MR) is 430 cm³/mol. The van der Waals surface area contributed by atoms with Crippen LogP contribution in [0.25, 0.3) is 0 Å². The van der Waals surface area contributed by atoms with E-state index in [0.717, 1.165) is 0 Å². The second kappa shape index (κ2) is 40.8. The molecule has 5 aromatic carbocycles. The molecular formula is C84H103N9O30. The number of methoxy groups -OCH3 is 2. The average Bonchev–Trinajstić information content (AvgIpc) is 0.714. The van der Waals surface area contributed by atoms with Crippen molar-refractivity contribution in [1.82, 2.24) is 26.6 Å². The lowest BCUT2D eigenvalue weighted by Gasteiger charge is -2.43. The molecule has 0 bridgehead atoms. The molecule has 0 aromatic heterocycles. The van der Waals surface area contributed by atoms with Gasteiger partial charge in [-0.1, -0.05) is 60.6 Å². The number of phenols is 5. The number of primary amides is 1.